The fourth-order valence-corrected chi connectivity index (χ4v) is 4.34. The Hall–Kier alpha value is 0.920. The highest BCUT2D eigenvalue weighted by Gasteiger charge is 2.08. The highest BCUT2D eigenvalue weighted by atomic mass is 35.5. The van der Waals surface area contributed by atoms with Crippen LogP contribution in [0.15, 0.2) is 0 Å². The van der Waals surface area contributed by atoms with Crippen LogP contribution in [0, 0.1) is 0 Å². The quantitative estimate of drug-likeness (QED) is 0.0603. The van der Waals surface area contributed by atoms with Crippen molar-refractivity contribution in [3.8, 4) is 0 Å². The van der Waals surface area contributed by atoms with E-state index in [0.717, 1.165) is 52.5 Å². The van der Waals surface area contributed by atoms with Crippen molar-refractivity contribution in [1.29, 1.82) is 0 Å². The molecule has 6 nitrogen and oxygen atoms in total. The third-order valence-electron chi connectivity index (χ3n) is 6.50. The van der Waals surface area contributed by atoms with E-state index >= 15 is 0 Å². The molecule has 0 spiro atoms. The monoisotopic (exact) mass is 644 g/mol. The molecule has 0 saturated carbocycles. The highest BCUT2D eigenvalue weighted by Crippen LogP contribution is 2.13. The van der Waals surface area contributed by atoms with Crippen molar-refractivity contribution in [2.24, 2.45) is 5.73 Å². The molecule has 0 aliphatic rings. The maximum absolute atomic E-state index is 5.90. The van der Waals surface area contributed by atoms with Gasteiger partial charge in [0, 0.05) is 59.0 Å². The van der Waals surface area contributed by atoms with E-state index in [9.17, 15) is 0 Å². The van der Waals surface area contributed by atoms with E-state index in [1.54, 1.807) is 0 Å². The molecule has 0 fully saturated rings. The Balaban J connectivity index is -0.000000963. The molecule has 244 valence electrons. The number of hydrogen-bond acceptors (Lipinski definition) is 6. The van der Waals surface area contributed by atoms with Crippen molar-refractivity contribution >= 4 is 49.6 Å². The lowest BCUT2D eigenvalue weighted by Gasteiger charge is -2.18. The lowest BCUT2D eigenvalue weighted by molar-refractivity contribution is -0.0113. The molecule has 0 amide bonds. The first-order valence-electron chi connectivity index (χ1n) is 15.4. The third-order valence-corrected chi connectivity index (χ3v) is 6.50. The zero-order valence-corrected chi connectivity index (χ0v) is 28.8. The number of nitrogens with two attached hydrogens (primary N) is 1. The summed E-state index contributed by atoms with van der Waals surface area (Å²) in [5.74, 6) is 0. The summed E-state index contributed by atoms with van der Waals surface area (Å²) in [6.07, 6.45) is 22.6. The van der Waals surface area contributed by atoms with Crippen LogP contribution in [0.1, 0.15) is 117 Å². The first-order chi connectivity index (χ1) is 17.3. The Labute approximate surface area is 268 Å². The number of unbranched alkanes of at least 4 members (excludes halogenated alkanes) is 15. The van der Waals surface area contributed by atoms with Gasteiger partial charge in [0.25, 0.3) is 0 Å². The minimum Gasteiger partial charge on any atom is -0.379 e. The number of halogens is 4. The van der Waals surface area contributed by atoms with E-state index in [2.05, 4.69) is 29.8 Å². The predicted octanol–water partition coefficient (Wildman–Crippen LogP) is 7.08. The summed E-state index contributed by atoms with van der Waals surface area (Å²) in [5.41, 5.74) is 5.46. The Morgan fingerprint density at radius 2 is 0.949 bits per heavy atom. The van der Waals surface area contributed by atoms with Crippen molar-refractivity contribution in [3.63, 3.8) is 0 Å². The summed E-state index contributed by atoms with van der Waals surface area (Å²) < 4.78 is 11.7. The largest absolute Gasteiger partial charge is 0.379 e. The maximum atomic E-state index is 5.90. The standard InChI is InChI=1S/C29H64N4O2.4ClH/c1-3-5-6-7-8-9-10-11-12-13-14-15-16-17-18-19-26-34-28-29(35-4-2)27-33-25-24-32-23-22-31-21-20-30;;;;/h29,31-33H,3-28,30H2,1-2H3;4*1H. The summed E-state index contributed by atoms with van der Waals surface area (Å²) in [7, 11) is 0. The summed E-state index contributed by atoms with van der Waals surface area (Å²) in [5, 5.41) is 10.2. The van der Waals surface area contributed by atoms with Crippen molar-refractivity contribution in [2.45, 2.75) is 123 Å². The summed E-state index contributed by atoms with van der Waals surface area (Å²) in [6, 6.07) is 0. The van der Waals surface area contributed by atoms with Crippen LogP contribution in [0.5, 0.6) is 0 Å². The van der Waals surface area contributed by atoms with Crippen molar-refractivity contribution < 1.29 is 9.47 Å². The van der Waals surface area contributed by atoms with Crippen LogP contribution in [0.25, 0.3) is 0 Å². The maximum Gasteiger partial charge on any atom is 0.0932 e. The number of ether oxygens (including phenoxy) is 2. The average molecular weight is 647 g/mol. The SMILES string of the molecule is CCCCCCCCCCCCCCCCCCOCC(CNCCNCCNCCN)OCC.Cl.Cl.Cl.Cl. The van der Waals surface area contributed by atoms with Crippen LogP contribution in [0.3, 0.4) is 0 Å². The van der Waals surface area contributed by atoms with Crippen LogP contribution >= 0.6 is 49.6 Å². The molecule has 0 bridgehead atoms. The number of nitrogens with one attached hydrogen (secondary N) is 3. The molecule has 0 rings (SSSR count). The van der Waals surface area contributed by atoms with Gasteiger partial charge in [0.2, 0.25) is 0 Å². The van der Waals surface area contributed by atoms with E-state index in [0.29, 0.717) is 13.2 Å². The third kappa shape index (κ3) is 43.5. The van der Waals surface area contributed by atoms with Gasteiger partial charge in [0.05, 0.1) is 12.7 Å². The van der Waals surface area contributed by atoms with E-state index in [1.807, 2.05) is 0 Å². The molecule has 0 aromatic carbocycles. The smallest absolute Gasteiger partial charge is 0.0932 e. The Kier molecular flexibility index (Phi) is 58.4. The van der Waals surface area contributed by atoms with E-state index in [4.69, 9.17) is 15.2 Å². The molecule has 0 aromatic rings. The number of rotatable bonds is 31. The van der Waals surface area contributed by atoms with Gasteiger partial charge >= 0.3 is 0 Å². The first-order valence-corrected chi connectivity index (χ1v) is 15.4. The van der Waals surface area contributed by atoms with Gasteiger partial charge in [-0.15, -0.1) is 49.6 Å². The van der Waals surface area contributed by atoms with Crippen LogP contribution in [0.2, 0.25) is 0 Å². The van der Waals surface area contributed by atoms with Gasteiger partial charge in [-0.1, -0.05) is 103 Å². The zero-order chi connectivity index (χ0) is 25.5. The molecular weight excluding hydrogens is 578 g/mol. The van der Waals surface area contributed by atoms with Gasteiger partial charge in [-0.3, -0.25) is 0 Å². The summed E-state index contributed by atoms with van der Waals surface area (Å²) in [6.45, 7) is 12.9. The van der Waals surface area contributed by atoms with Crippen LogP contribution in [-0.2, 0) is 9.47 Å². The molecule has 10 heteroatoms. The van der Waals surface area contributed by atoms with E-state index < -0.39 is 0 Å². The van der Waals surface area contributed by atoms with Gasteiger partial charge in [-0.25, -0.2) is 0 Å². The molecule has 0 aliphatic carbocycles. The molecule has 1 atom stereocenters. The fraction of sp³-hybridized carbons (Fsp3) is 1.00. The van der Waals surface area contributed by atoms with Crippen LogP contribution in [0.4, 0.5) is 0 Å². The normalized spacial score (nSPS) is 11.2. The average Bonchev–Trinajstić information content (AvgIpc) is 2.86. The molecule has 0 aromatic heterocycles. The molecule has 0 heterocycles. The fourth-order valence-electron chi connectivity index (χ4n) is 4.34. The Bertz CT molecular complexity index is 393. The van der Waals surface area contributed by atoms with Crippen molar-refractivity contribution in [3.05, 3.63) is 0 Å². The molecule has 39 heavy (non-hydrogen) atoms. The van der Waals surface area contributed by atoms with Crippen molar-refractivity contribution in [1.82, 2.24) is 16.0 Å². The molecule has 0 radical (unpaired) electrons. The van der Waals surface area contributed by atoms with Crippen LogP contribution < -0.4 is 21.7 Å². The first kappa shape index (κ1) is 49.6. The minimum atomic E-state index is 0. The molecule has 1 unspecified atom stereocenters. The second kappa shape index (κ2) is 45.9. The number of hydrogen-bond donors (Lipinski definition) is 4. The van der Waals surface area contributed by atoms with Crippen molar-refractivity contribution in [2.75, 3.05) is 65.6 Å². The summed E-state index contributed by atoms with van der Waals surface area (Å²) in [4.78, 5) is 0. The topological polar surface area (TPSA) is 80.6 Å². The minimum absolute atomic E-state index is 0. The Morgan fingerprint density at radius 3 is 1.38 bits per heavy atom. The second-order valence-corrected chi connectivity index (χ2v) is 9.95. The van der Waals surface area contributed by atoms with E-state index in [1.165, 1.54) is 103 Å². The van der Waals surface area contributed by atoms with Gasteiger partial charge in [-0.2, -0.15) is 0 Å². The zero-order valence-electron chi connectivity index (χ0n) is 25.5. The van der Waals surface area contributed by atoms with E-state index in [-0.39, 0.29) is 55.7 Å². The molecular formula is C29H68Cl4N4O2. The van der Waals surface area contributed by atoms with Gasteiger partial charge in [-0.05, 0) is 13.3 Å². The van der Waals surface area contributed by atoms with Gasteiger partial charge in [0.1, 0.15) is 0 Å². The molecule has 5 N–H and O–H groups in total. The second-order valence-electron chi connectivity index (χ2n) is 9.95. The molecule has 0 aliphatic heterocycles. The molecule has 0 saturated heterocycles. The lowest BCUT2D eigenvalue weighted by Crippen LogP contribution is -2.38. The summed E-state index contributed by atoms with van der Waals surface area (Å²) >= 11 is 0. The van der Waals surface area contributed by atoms with Gasteiger partial charge in [0.15, 0.2) is 0 Å². The lowest BCUT2D eigenvalue weighted by atomic mass is 10.0. The van der Waals surface area contributed by atoms with Gasteiger partial charge < -0.3 is 31.2 Å². The highest BCUT2D eigenvalue weighted by molar-refractivity contribution is 5.86. The predicted molar refractivity (Wildman–Crippen MR) is 182 cm³/mol. The Morgan fingerprint density at radius 1 is 0.538 bits per heavy atom. The van der Waals surface area contributed by atoms with Crippen LogP contribution in [-0.4, -0.2) is 71.7 Å².